The Kier molecular flexibility index (Phi) is 6.75. The SMILES string of the molecule is N#C[C@@H]1CC(F)(F)CN1C(=O)CNC(=O)c1ccncc1/C=C/C1CCC(F)CC1. The summed E-state index contributed by atoms with van der Waals surface area (Å²) in [4.78, 5) is 29.6. The van der Waals surface area contributed by atoms with Gasteiger partial charge in [-0.2, -0.15) is 5.26 Å². The highest BCUT2D eigenvalue weighted by Crippen LogP contribution is 2.31. The van der Waals surface area contributed by atoms with Gasteiger partial charge in [0.05, 0.1) is 19.2 Å². The third-order valence-corrected chi connectivity index (χ3v) is 5.49. The van der Waals surface area contributed by atoms with Gasteiger partial charge in [-0.25, -0.2) is 13.2 Å². The quantitative estimate of drug-likeness (QED) is 0.793. The second-order valence-electron chi connectivity index (χ2n) is 7.74. The molecule has 1 saturated carbocycles. The monoisotopic (exact) mass is 420 g/mol. The van der Waals surface area contributed by atoms with Crippen LogP contribution in [0.4, 0.5) is 13.2 Å². The van der Waals surface area contributed by atoms with Crippen molar-refractivity contribution in [3.63, 3.8) is 0 Å². The van der Waals surface area contributed by atoms with Crippen molar-refractivity contribution in [1.82, 2.24) is 15.2 Å². The fourth-order valence-corrected chi connectivity index (χ4v) is 3.80. The van der Waals surface area contributed by atoms with Crippen molar-refractivity contribution in [3.8, 4) is 6.07 Å². The van der Waals surface area contributed by atoms with Crippen LogP contribution < -0.4 is 5.32 Å². The van der Waals surface area contributed by atoms with Crippen molar-refractivity contribution < 1.29 is 22.8 Å². The van der Waals surface area contributed by atoms with Crippen LogP contribution in [0.15, 0.2) is 24.5 Å². The molecule has 0 radical (unpaired) electrons. The average Bonchev–Trinajstić information content (AvgIpc) is 3.06. The molecule has 160 valence electrons. The highest BCUT2D eigenvalue weighted by molar-refractivity contribution is 5.99. The van der Waals surface area contributed by atoms with Crippen molar-refractivity contribution in [3.05, 3.63) is 35.7 Å². The maximum Gasteiger partial charge on any atom is 0.268 e. The van der Waals surface area contributed by atoms with E-state index < -0.39 is 49.5 Å². The number of hydrogen-bond donors (Lipinski definition) is 1. The smallest absolute Gasteiger partial charge is 0.268 e. The predicted molar refractivity (Wildman–Crippen MR) is 103 cm³/mol. The highest BCUT2D eigenvalue weighted by atomic mass is 19.3. The molecule has 1 atom stereocenters. The van der Waals surface area contributed by atoms with E-state index in [-0.39, 0.29) is 11.5 Å². The maximum atomic E-state index is 13.5. The number of amides is 2. The number of rotatable bonds is 5. The topological polar surface area (TPSA) is 86.1 Å². The van der Waals surface area contributed by atoms with Crippen LogP contribution >= 0.6 is 0 Å². The number of hydrogen-bond acceptors (Lipinski definition) is 4. The minimum Gasteiger partial charge on any atom is -0.343 e. The lowest BCUT2D eigenvalue weighted by molar-refractivity contribution is -0.131. The van der Waals surface area contributed by atoms with Gasteiger partial charge in [0, 0.05) is 29.9 Å². The zero-order chi connectivity index (χ0) is 21.7. The van der Waals surface area contributed by atoms with E-state index in [1.807, 2.05) is 6.08 Å². The molecule has 1 aromatic heterocycles. The Hall–Kier alpha value is -2.89. The first-order chi connectivity index (χ1) is 14.3. The molecule has 30 heavy (non-hydrogen) atoms. The molecular formula is C21H23F3N4O2. The number of likely N-dealkylation sites (tertiary alicyclic amines) is 1. The fourth-order valence-electron chi connectivity index (χ4n) is 3.80. The summed E-state index contributed by atoms with van der Waals surface area (Å²) in [5.41, 5.74) is 0.837. The Labute approximate surface area is 172 Å². The van der Waals surface area contributed by atoms with Crippen molar-refractivity contribution in [2.24, 2.45) is 5.92 Å². The molecule has 1 saturated heterocycles. The summed E-state index contributed by atoms with van der Waals surface area (Å²) in [5.74, 6) is -4.15. The third-order valence-electron chi connectivity index (χ3n) is 5.49. The molecule has 0 bridgehead atoms. The molecule has 2 amide bonds. The van der Waals surface area contributed by atoms with Gasteiger partial charge in [-0.1, -0.05) is 12.2 Å². The van der Waals surface area contributed by atoms with Crippen LogP contribution in [0.25, 0.3) is 6.08 Å². The predicted octanol–water partition coefficient (Wildman–Crippen LogP) is 3.11. The number of carbonyl (C=O) groups is 2. The van der Waals surface area contributed by atoms with E-state index in [4.69, 9.17) is 5.26 Å². The second kappa shape index (κ2) is 9.28. The van der Waals surface area contributed by atoms with Crippen molar-refractivity contribution in [2.45, 2.75) is 50.2 Å². The van der Waals surface area contributed by atoms with Gasteiger partial charge in [-0.15, -0.1) is 0 Å². The van der Waals surface area contributed by atoms with Crippen LogP contribution in [0.3, 0.4) is 0 Å². The first-order valence-corrected chi connectivity index (χ1v) is 9.90. The molecule has 3 rings (SSSR count). The van der Waals surface area contributed by atoms with Crippen molar-refractivity contribution in [2.75, 3.05) is 13.1 Å². The largest absolute Gasteiger partial charge is 0.343 e. The molecular weight excluding hydrogens is 397 g/mol. The summed E-state index contributed by atoms with van der Waals surface area (Å²) in [6, 6.07) is 2.00. The Balaban J connectivity index is 1.61. The van der Waals surface area contributed by atoms with Crippen LogP contribution in [0.2, 0.25) is 0 Å². The Bertz CT molecular complexity index is 860. The number of allylic oxidation sites excluding steroid dienone is 1. The lowest BCUT2D eigenvalue weighted by Gasteiger charge is -2.21. The molecule has 0 spiro atoms. The van der Waals surface area contributed by atoms with E-state index in [1.165, 1.54) is 18.5 Å². The van der Waals surface area contributed by atoms with Crippen LogP contribution in [0.5, 0.6) is 0 Å². The summed E-state index contributed by atoms with van der Waals surface area (Å²) in [7, 11) is 0. The molecule has 1 aromatic rings. The molecule has 1 aliphatic heterocycles. The van der Waals surface area contributed by atoms with E-state index in [0.29, 0.717) is 18.4 Å². The Morgan fingerprint density at radius 2 is 2.07 bits per heavy atom. The number of aromatic nitrogens is 1. The molecule has 1 aliphatic carbocycles. The lowest BCUT2D eigenvalue weighted by Crippen LogP contribution is -2.43. The molecule has 2 aliphatic rings. The van der Waals surface area contributed by atoms with Gasteiger partial charge in [-0.3, -0.25) is 14.6 Å². The van der Waals surface area contributed by atoms with Crippen LogP contribution in [-0.4, -0.2) is 52.9 Å². The van der Waals surface area contributed by atoms with Crippen LogP contribution in [-0.2, 0) is 4.79 Å². The number of nitrogens with zero attached hydrogens (tertiary/aromatic N) is 3. The van der Waals surface area contributed by atoms with Gasteiger partial charge in [0.15, 0.2) is 0 Å². The van der Waals surface area contributed by atoms with Gasteiger partial charge in [-0.05, 0) is 37.7 Å². The van der Waals surface area contributed by atoms with Crippen LogP contribution in [0, 0.1) is 17.2 Å². The van der Waals surface area contributed by atoms with Gasteiger partial charge in [0.2, 0.25) is 5.91 Å². The number of halogens is 3. The molecule has 9 heteroatoms. The van der Waals surface area contributed by atoms with Gasteiger partial charge in [0.25, 0.3) is 11.8 Å². The molecule has 6 nitrogen and oxygen atoms in total. The zero-order valence-electron chi connectivity index (χ0n) is 16.4. The summed E-state index contributed by atoms with van der Waals surface area (Å²) >= 11 is 0. The first-order valence-electron chi connectivity index (χ1n) is 9.90. The summed E-state index contributed by atoms with van der Waals surface area (Å²) < 4.78 is 40.3. The summed E-state index contributed by atoms with van der Waals surface area (Å²) in [5, 5.41) is 11.4. The van der Waals surface area contributed by atoms with Crippen molar-refractivity contribution >= 4 is 17.9 Å². The first kappa shape index (κ1) is 21.8. The van der Waals surface area contributed by atoms with E-state index >= 15 is 0 Å². The maximum absolute atomic E-state index is 13.5. The fraction of sp³-hybridized carbons (Fsp3) is 0.524. The van der Waals surface area contributed by atoms with Crippen LogP contribution in [0.1, 0.15) is 48.0 Å². The average molecular weight is 420 g/mol. The standard InChI is InChI=1S/C21H23F3N4O2/c22-16-5-2-14(3-6-16)1-4-15-11-26-8-7-18(15)20(30)27-12-19(29)28-13-21(23,24)9-17(28)10-25/h1,4,7-8,11,14,16-17H,2-3,5-6,9,12-13H2,(H,27,30)/b4-1+/t14?,16?,17-/m0/s1. The molecule has 1 N–H and O–H groups in total. The molecule has 0 aromatic carbocycles. The normalized spacial score (nSPS) is 25.8. The van der Waals surface area contributed by atoms with E-state index in [2.05, 4.69) is 10.3 Å². The second-order valence-corrected chi connectivity index (χ2v) is 7.74. The Morgan fingerprint density at radius 3 is 2.77 bits per heavy atom. The van der Waals surface area contributed by atoms with E-state index in [0.717, 1.165) is 17.7 Å². The van der Waals surface area contributed by atoms with Crippen molar-refractivity contribution in [1.29, 1.82) is 5.26 Å². The highest BCUT2D eigenvalue weighted by Gasteiger charge is 2.47. The lowest BCUT2D eigenvalue weighted by atomic mass is 9.87. The van der Waals surface area contributed by atoms with Gasteiger partial charge in [0.1, 0.15) is 12.2 Å². The molecule has 2 fully saturated rings. The summed E-state index contributed by atoms with van der Waals surface area (Å²) in [6.07, 6.45) is 7.75. The number of nitriles is 1. The third kappa shape index (κ3) is 5.38. The summed E-state index contributed by atoms with van der Waals surface area (Å²) in [6.45, 7) is -1.32. The number of carbonyl (C=O) groups excluding carboxylic acids is 2. The number of nitrogens with one attached hydrogen (secondary N) is 1. The number of pyridine rings is 1. The minimum atomic E-state index is -3.11. The van der Waals surface area contributed by atoms with E-state index in [9.17, 15) is 22.8 Å². The van der Waals surface area contributed by atoms with E-state index in [1.54, 1.807) is 12.1 Å². The number of alkyl halides is 3. The van der Waals surface area contributed by atoms with Gasteiger partial charge >= 0.3 is 0 Å². The molecule has 0 unspecified atom stereocenters. The Morgan fingerprint density at radius 1 is 1.33 bits per heavy atom. The van der Waals surface area contributed by atoms with Gasteiger partial charge < -0.3 is 10.2 Å². The molecule has 2 heterocycles. The zero-order valence-corrected chi connectivity index (χ0v) is 16.4. The minimum absolute atomic E-state index is 0.231.